The molecule has 52 valence electrons. The van der Waals surface area contributed by atoms with Crippen molar-refractivity contribution in [3.63, 3.8) is 0 Å². The molecule has 0 aromatic heterocycles. The zero-order valence-electron chi connectivity index (χ0n) is 4.48. The van der Waals surface area contributed by atoms with Crippen molar-refractivity contribution in [1.82, 2.24) is 0 Å². The van der Waals surface area contributed by atoms with Gasteiger partial charge >= 0.3 is 0 Å². The highest BCUT2D eigenvalue weighted by atomic mass is 32.2. The van der Waals surface area contributed by atoms with Crippen LogP contribution in [0.2, 0.25) is 0 Å². The van der Waals surface area contributed by atoms with Crippen LogP contribution in [-0.4, -0.2) is 18.6 Å². The molecule has 0 atom stereocenters. The van der Waals surface area contributed by atoms with E-state index in [2.05, 4.69) is 6.58 Å². The lowest BCUT2D eigenvalue weighted by Gasteiger charge is -1.90. The van der Waals surface area contributed by atoms with Crippen molar-refractivity contribution in [2.45, 2.75) is 0 Å². The van der Waals surface area contributed by atoms with E-state index in [0.717, 1.165) is 0 Å². The molecule has 0 heterocycles. The molecule has 0 saturated heterocycles. The fourth-order valence-electron chi connectivity index (χ4n) is 0.159. The van der Waals surface area contributed by atoms with Crippen molar-refractivity contribution in [3.05, 3.63) is 23.3 Å². The Bertz CT molecular complexity index is 223. The highest BCUT2D eigenvalue weighted by Crippen LogP contribution is 2.01. The summed E-state index contributed by atoms with van der Waals surface area (Å²) in [7, 11) is -3.82. The Morgan fingerprint density at radius 3 is 2.11 bits per heavy atom. The first kappa shape index (κ1) is 8.03. The molecule has 4 nitrogen and oxygen atoms in total. The van der Waals surface area contributed by atoms with Gasteiger partial charge in [0.15, 0.2) is 0 Å². The monoisotopic (exact) mass is 150 g/mol. The van der Waals surface area contributed by atoms with Gasteiger partial charge in [0.25, 0.3) is 0 Å². The molecule has 0 unspecified atom stereocenters. The summed E-state index contributed by atoms with van der Waals surface area (Å²) < 4.78 is 20.7. The van der Waals surface area contributed by atoms with Gasteiger partial charge in [0.2, 0.25) is 14.9 Å². The van der Waals surface area contributed by atoms with E-state index in [0.29, 0.717) is 5.41 Å². The molecule has 0 bridgehead atoms. The molecule has 0 amide bonds. The van der Waals surface area contributed by atoms with Crippen molar-refractivity contribution in [3.8, 4) is 0 Å². The van der Waals surface area contributed by atoms with Gasteiger partial charge in [0, 0.05) is 5.41 Å². The van der Waals surface area contributed by atoms with Crippen LogP contribution in [0.4, 0.5) is 0 Å². The van der Waals surface area contributed by atoms with Gasteiger partial charge in [-0.3, -0.25) is 0 Å². The van der Waals surface area contributed by atoms with E-state index in [4.69, 9.17) is 10.2 Å². The molecular formula is C4H6O4S. The molecule has 0 aromatic rings. The third-order valence-electron chi connectivity index (χ3n) is 0.621. The van der Waals surface area contributed by atoms with Crippen LogP contribution < -0.4 is 0 Å². The van der Waals surface area contributed by atoms with Crippen LogP contribution >= 0.6 is 0 Å². The maximum atomic E-state index is 10.3. The summed E-state index contributed by atoms with van der Waals surface area (Å²) in [6.07, 6.45) is 0.0943. The summed E-state index contributed by atoms with van der Waals surface area (Å²) >= 11 is 0. The van der Waals surface area contributed by atoms with Gasteiger partial charge in [0.05, 0.1) is 0 Å². The summed E-state index contributed by atoms with van der Waals surface area (Å²) in [5.41, 5.74) is 0. The maximum Gasteiger partial charge on any atom is 0.248 e. The molecule has 5 heteroatoms. The third kappa shape index (κ3) is 1.77. The Balaban J connectivity index is 4.79. The highest BCUT2D eigenvalue weighted by molar-refractivity contribution is 7.97. The standard InChI is InChI=1S/C4H6O4S/c1-2-9(7,8)4(6)3-5/h2-3,5-6H,1H2. The van der Waals surface area contributed by atoms with E-state index < -0.39 is 14.9 Å². The molecule has 9 heavy (non-hydrogen) atoms. The molecule has 2 N–H and O–H groups in total. The van der Waals surface area contributed by atoms with E-state index in [1.54, 1.807) is 0 Å². The second kappa shape index (κ2) is 2.54. The Morgan fingerprint density at radius 2 is 2.00 bits per heavy atom. The van der Waals surface area contributed by atoms with Crippen molar-refractivity contribution >= 4 is 9.84 Å². The zero-order valence-corrected chi connectivity index (χ0v) is 5.30. The molecule has 0 fully saturated rings. The number of rotatable bonds is 2. The summed E-state index contributed by atoms with van der Waals surface area (Å²) in [4.78, 5) is 0. The van der Waals surface area contributed by atoms with Gasteiger partial charge in [-0.05, 0) is 0 Å². The molecule has 0 aliphatic rings. The number of sulfone groups is 1. The van der Waals surface area contributed by atoms with Gasteiger partial charge in [0.1, 0.15) is 6.26 Å². The number of aliphatic hydroxyl groups excluding tert-OH is 2. The summed E-state index contributed by atoms with van der Waals surface area (Å²) in [6, 6.07) is 0. The number of hydrogen-bond donors (Lipinski definition) is 2. The smallest absolute Gasteiger partial charge is 0.248 e. The normalized spacial score (nSPS) is 13.1. The van der Waals surface area contributed by atoms with Crippen LogP contribution in [0.1, 0.15) is 0 Å². The van der Waals surface area contributed by atoms with Crippen LogP contribution in [0.15, 0.2) is 23.3 Å². The minimum absolute atomic E-state index is 0.0943. The number of aliphatic hydroxyl groups is 2. The lowest BCUT2D eigenvalue weighted by atomic mass is 11.1. The first-order valence-electron chi connectivity index (χ1n) is 1.95. The third-order valence-corrected chi connectivity index (χ3v) is 1.75. The van der Waals surface area contributed by atoms with Crippen molar-refractivity contribution < 1.29 is 18.6 Å². The quantitative estimate of drug-likeness (QED) is 0.561. The number of hydrogen-bond acceptors (Lipinski definition) is 4. The topological polar surface area (TPSA) is 74.6 Å². The Hall–Kier alpha value is -0.970. The van der Waals surface area contributed by atoms with E-state index in [-0.39, 0.29) is 6.26 Å². The first-order chi connectivity index (χ1) is 4.04. The average Bonchev–Trinajstić information content (AvgIpc) is 1.86. The summed E-state index contributed by atoms with van der Waals surface area (Å²) in [6.45, 7) is 2.90. The average molecular weight is 150 g/mol. The van der Waals surface area contributed by atoms with E-state index in [9.17, 15) is 8.42 Å². The van der Waals surface area contributed by atoms with E-state index >= 15 is 0 Å². The fraction of sp³-hybridized carbons (Fsp3) is 0. The molecule has 0 spiro atoms. The molecule has 0 aliphatic carbocycles. The second-order valence-electron chi connectivity index (χ2n) is 1.18. The molecule has 0 radical (unpaired) electrons. The van der Waals surface area contributed by atoms with Crippen molar-refractivity contribution in [2.75, 3.05) is 0 Å². The van der Waals surface area contributed by atoms with Gasteiger partial charge in [-0.25, -0.2) is 8.42 Å². The SMILES string of the molecule is C=CS(=O)(=O)C(O)=CO. The molecule has 0 saturated carbocycles. The van der Waals surface area contributed by atoms with Crippen molar-refractivity contribution in [2.24, 2.45) is 0 Å². The summed E-state index contributed by atoms with van der Waals surface area (Å²) in [5.74, 6) is 0. The molecule has 0 aromatic carbocycles. The predicted octanol–water partition coefficient (Wildman–Crippen LogP) is 0.460. The zero-order chi connectivity index (χ0) is 7.49. The Morgan fingerprint density at radius 1 is 1.56 bits per heavy atom. The van der Waals surface area contributed by atoms with Gasteiger partial charge in [-0.1, -0.05) is 6.58 Å². The maximum absolute atomic E-state index is 10.3. The predicted molar refractivity (Wildman–Crippen MR) is 32.5 cm³/mol. The van der Waals surface area contributed by atoms with Crippen LogP contribution in [0.5, 0.6) is 0 Å². The Labute approximate surface area is 52.7 Å². The van der Waals surface area contributed by atoms with Crippen molar-refractivity contribution in [1.29, 1.82) is 0 Å². The second-order valence-corrected chi connectivity index (χ2v) is 3.02. The van der Waals surface area contributed by atoms with E-state index in [1.807, 2.05) is 0 Å². The van der Waals surface area contributed by atoms with Crippen LogP contribution in [0.3, 0.4) is 0 Å². The van der Waals surface area contributed by atoms with E-state index in [1.165, 1.54) is 0 Å². The minimum Gasteiger partial charge on any atom is -0.511 e. The minimum atomic E-state index is -3.82. The van der Waals surface area contributed by atoms with Crippen LogP contribution in [-0.2, 0) is 9.84 Å². The largest absolute Gasteiger partial charge is 0.511 e. The molecular weight excluding hydrogens is 144 g/mol. The summed E-state index contributed by atoms with van der Waals surface area (Å²) in [5, 5.41) is 15.7. The van der Waals surface area contributed by atoms with Gasteiger partial charge < -0.3 is 10.2 Å². The highest BCUT2D eigenvalue weighted by Gasteiger charge is 2.09. The lowest BCUT2D eigenvalue weighted by Crippen LogP contribution is -1.97. The van der Waals surface area contributed by atoms with Gasteiger partial charge in [-0.15, -0.1) is 0 Å². The van der Waals surface area contributed by atoms with Crippen LogP contribution in [0.25, 0.3) is 0 Å². The first-order valence-corrected chi connectivity index (χ1v) is 3.50. The molecule has 0 aliphatic heterocycles. The molecule has 0 rings (SSSR count). The van der Waals surface area contributed by atoms with Crippen LogP contribution in [0, 0.1) is 0 Å². The van der Waals surface area contributed by atoms with Gasteiger partial charge in [-0.2, -0.15) is 0 Å². The Kier molecular flexibility index (Phi) is 2.27. The lowest BCUT2D eigenvalue weighted by molar-refractivity contribution is 0.386. The fourth-order valence-corrected chi connectivity index (χ4v) is 0.477.